The maximum absolute atomic E-state index is 12.4. The number of amides is 1. The summed E-state index contributed by atoms with van der Waals surface area (Å²) in [6.07, 6.45) is 4.43. The van der Waals surface area contributed by atoms with Crippen LogP contribution in [0.4, 0.5) is 0 Å². The van der Waals surface area contributed by atoms with Crippen LogP contribution >= 0.6 is 0 Å². The van der Waals surface area contributed by atoms with Gasteiger partial charge < -0.3 is 19.2 Å². The molecule has 3 heterocycles. The van der Waals surface area contributed by atoms with Gasteiger partial charge in [0.2, 0.25) is 5.91 Å². The third-order valence-corrected chi connectivity index (χ3v) is 3.95. The molecule has 1 saturated heterocycles. The Kier molecular flexibility index (Phi) is 3.79. The zero-order chi connectivity index (χ0) is 14.8. The molecular formula is C15H19N3O3. The van der Waals surface area contributed by atoms with E-state index < -0.39 is 0 Å². The van der Waals surface area contributed by atoms with Gasteiger partial charge >= 0.3 is 0 Å². The summed E-state index contributed by atoms with van der Waals surface area (Å²) < 4.78 is 8.65. The van der Waals surface area contributed by atoms with Crippen molar-refractivity contribution in [2.75, 3.05) is 19.8 Å². The van der Waals surface area contributed by atoms with E-state index >= 15 is 0 Å². The minimum atomic E-state index is -0.0444. The van der Waals surface area contributed by atoms with Gasteiger partial charge in [0.25, 0.3) is 5.56 Å². The van der Waals surface area contributed by atoms with E-state index in [1.165, 1.54) is 0 Å². The topological polar surface area (TPSA) is 65.3 Å². The highest BCUT2D eigenvalue weighted by Gasteiger charge is 2.22. The molecule has 0 radical (unpaired) electrons. The van der Waals surface area contributed by atoms with Gasteiger partial charge in [-0.25, -0.2) is 0 Å². The van der Waals surface area contributed by atoms with Crippen LogP contribution in [0.1, 0.15) is 6.42 Å². The number of carbonyl (C=O) groups is 1. The largest absolute Gasteiger partial charge is 0.381 e. The lowest BCUT2D eigenvalue weighted by molar-refractivity contribution is -0.124. The fraction of sp³-hybridized carbons (Fsp3) is 0.467. The number of carbonyl (C=O) groups excluding carboxylic acids is 1. The molecule has 0 unspecified atom stereocenters. The van der Waals surface area contributed by atoms with Gasteiger partial charge in [0.05, 0.1) is 12.5 Å². The van der Waals surface area contributed by atoms with E-state index in [0.717, 1.165) is 11.8 Å². The Morgan fingerprint density at radius 1 is 1.43 bits per heavy atom. The van der Waals surface area contributed by atoms with Gasteiger partial charge in [-0.05, 0) is 18.6 Å². The molecule has 0 aliphatic carbocycles. The second kappa shape index (κ2) is 5.73. The molecule has 2 aromatic heterocycles. The van der Waals surface area contributed by atoms with Crippen molar-refractivity contribution in [2.24, 2.45) is 13.0 Å². The summed E-state index contributed by atoms with van der Waals surface area (Å²) in [4.78, 5) is 24.2. The van der Waals surface area contributed by atoms with Gasteiger partial charge in [-0.1, -0.05) is 0 Å². The number of hydrogen-bond acceptors (Lipinski definition) is 3. The number of aryl methyl sites for hydroxylation is 1. The average Bonchev–Trinajstić information content (AvgIpc) is 3.11. The highest BCUT2D eigenvalue weighted by Crippen LogP contribution is 2.12. The van der Waals surface area contributed by atoms with E-state index in [2.05, 4.69) is 5.32 Å². The molecular weight excluding hydrogens is 270 g/mol. The number of ether oxygens (including phenoxy) is 1. The summed E-state index contributed by atoms with van der Waals surface area (Å²) in [5.74, 6) is -0.0300. The highest BCUT2D eigenvalue weighted by atomic mass is 16.5. The second-order valence-electron chi connectivity index (χ2n) is 5.40. The number of hydrogen-bond donors (Lipinski definition) is 1. The molecule has 2 aromatic rings. The lowest BCUT2D eigenvalue weighted by Gasteiger charge is -2.11. The van der Waals surface area contributed by atoms with Gasteiger partial charge in [0.1, 0.15) is 5.52 Å². The van der Waals surface area contributed by atoms with E-state index in [0.29, 0.717) is 31.8 Å². The van der Waals surface area contributed by atoms with Crippen LogP contribution in [0.15, 0.2) is 29.3 Å². The monoisotopic (exact) mass is 289 g/mol. The Morgan fingerprint density at radius 3 is 3.00 bits per heavy atom. The predicted molar refractivity (Wildman–Crippen MR) is 79.1 cm³/mol. The van der Waals surface area contributed by atoms with Crippen LogP contribution in [-0.4, -0.2) is 34.8 Å². The maximum Gasteiger partial charge on any atom is 0.275 e. The van der Waals surface area contributed by atoms with Crippen LogP contribution in [0.2, 0.25) is 0 Å². The van der Waals surface area contributed by atoms with Crippen LogP contribution in [0.25, 0.3) is 10.9 Å². The van der Waals surface area contributed by atoms with Crippen LogP contribution in [0, 0.1) is 5.92 Å². The Morgan fingerprint density at radius 2 is 2.24 bits per heavy atom. The third-order valence-electron chi connectivity index (χ3n) is 3.95. The van der Waals surface area contributed by atoms with Crippen molar-refractivity contribution < 1.29 is 9.53 Å². The van der Waals surface area contributed by atoms with E-state index in [-0.39, 0.29) is 17.4 Å². The highest BCUT2D eigenvalue weighted by molar-refractivity contribution is 5.79. The molecule has 1 atom stereocenters. The summed E-state index contributed by atoms with van der Waals surface area (Å²) in [6, 6.07) is 3.84. The van der Waals surface area contributed by atoms with Crippen LogP contribution < -0.4 is 10.9 Å². The average molecular weight is 289 g/mol. The molecule has 1 aliphatic rings. The second-order valence-corrected chi connectivity index (χ2v) is 5.40. The summed E-state index contributed by atoms with van der Waals surface area (Å²) in [6.45, 7) is 2.08. The van der Waals surface area contributed by atoms with E-state index in [1.54, 1.807) is 10.8 Å². The molecule has 0 bridgehead atoms. The van der Waals surface area contributed by atoms with E-state index in [1.807, 2.05) is 29.9 Å². The number of nitrogens with one attached hydrogen (secondary N) is 1. The van der Waals surface area contributed by atoms with Crippen molar-refractivity contribution in [3.63, 3.8) is 0 Å². The van der Waals surface area contributed by atoms with Gasteiger partial charge in [-0.2, -0.15) is 0 Å². The molecule has 1 amide bonds. The van der Waals surface area contributed by atoms with Gasteiger partial charge in [-0.3, -0.25) is 9.59 Å². The van der Waals surface area contributed by atoms with Crippen LogP contribution in [0.5, 0.6) is 0 Å². The Bertz CT molecular complexity index is 711. The fourth-order valence-electron chi connectivity index (χ4n) is 2.69. The standard InChI is InChI=1S/C15H19N3O3/c1-17-6-2-11-3-7-18(15(20)13(11)17)8-5-16-14(19)12-4-9-21-10-12/h2-3,6-7,12H,4-5,8-10H2,1H3,(H,16,19)/t12-/m0/s1. The van der Waals surface area contributed by atoms with Gasteiger partial charge in [-0.15, -0.1) is 0 Å². The minimum Gasteiger partial charge on any atom is -0.381 e. The molecule has 1 N–H and O–H groups in total. The summed E-state index contributed by atoms with van der Waals surface area (Å²) in [5, 5.41) is 3.81. The van der Waals surface area contributed by atoms with Crippen LogP contribution in [0.3, 0.4) is 0 Å². The smallest absolute Gasteiger partial charge is 0.275 e. The molecule has 1 aliphatic heterocycles. The van der Waals surface area contributed by atoms with Crippen molar-refractivity contribution in [3.05, 3.63) is 34.9 Å². The molecule has 6 nitrogen and oxygen atoms in total. The predicted octanol–water partition coefficient (Wildman–Crippen LogP) is 0.493. The first-order valence-electron chi connectivity index (χ1n) is 7.17. The van der Waals surface area contributed by atoms with E-state index in [4.69, 9.17) is 4.74 Å². The quantitative estimate of drug-likeness (QED) is 0.891. The Balaban J connectivity index is 1.65. The first-order valence-corrected chi connectivity index (χ1v) is 7.17. The molecule has 3 rings (SSSR count). The molecule has 112 valence electrons. The maximum atomic E-state index is 12.4. The zero-order valence-electron chi connectivity index (χ0n) is 12.0. The Labute approximate surface area is 122 Å². The minimum absolute atomic E-state index is 0.0143. The number of nitrogens with zero attached hydrogens (tertiary/aromatic N) is 2. The van der Waals surface area contributed by atoms with Crippen molar-refractivity contribution in [3.8, 4) is 0 Å². The van der Waals surface area contributed by atoms with Crippen molar-refractivity contribution in [1.29, 1.82) is 0 Å². The number of rotatable bonds is 4. The third kappa shape index (κ3) is 2.71. The first-order chi connectivity index (χ1) is 10.2. The van der Waals surface area contributed by atoms with Gasteiger partial charge in [0.15, 0.2) is 0 Å². The lowest BCUT2D eigenvalue weighted by Crippen LogP contribution is -2.35. The normalized spacial score (nSPS) is 18.2. The molecule has 21 heavy (non-hydrogen) atoms. The zero-order valence-corrected chi connectivity index (χ0v) is 12.0. The number of aromatic nitrogens is 2. The fourth-order valence-corrected chi connectivity index (χ4v) is 2.69. The summed E-state index contributed by atoms with van der Waals surface area (Å²) in [7, 11) is 1.86. The summed E-state index contributed by atoms with van der Waals surface area (Å²) >= 11 is 0. The number of fused-ring (bicyclic) bond motifs is 1. The van der Waals surface area contributed by atoms with E-state index in [9.17, 15) is 9.59 Å². The SMILES string of the molecule is Cn1ccc2ccn(CCNC(=O)[C@H]3CCOC3)c(=O)c21. The molecule has 6 heteroatoms. The first kappa shape index (κ1) is 13.9. The number of pyridine rings is 1. The lowest BCUT2D eigenvalue weighted by atomic mass is 10.1. The van der Waals surface area contributed by atoms with Crippen molar-refractivity contribution in [2.45, 2.75) is 13.0 Å². The molecule has 1 fully saturated rings. The van der Waals surface area contributed by atoms with Crippen molar-refractivity contribution >= 4 is 16.8 Å². The Hall–Kier alpha value is -2.08. The molecule has 0 spiro atoms. The van der Waals surface area contributed by atoms with Gasteiger partial charge in [0, 0.05) is 44.5 Å². The molecule has 0 saturated carbocycles. The summed E-state index contributed by atoms with van der Waals surface area (Å²) in [5.41, 5.74) is 0.659. The van der Waals surface area contributed by atoms with Crippen molar-refractivity contribution in [1.82, 2.24) is 14.5 Å². The van der Waals surface area contributed by atoms with Crippen LogP contribution in [-0.2, 0) is 23.1 Å². The molecule has 0 aromatic carbocycles.